The number of hydrogen-bond acceptors (Lipinski definition) is 0. The minimum absolute atomic E-state index is 1.02. The summed E-state index contributed by atoms with van der Waals surface area (Å²) in [4.78, 5) is 0. The van der Waals surface area contributed by atoms with Gasteiger partial charge in [0.1, 0.15) is 0 Å². The van der Waals surface area contributed by atoms with Crippen LogP contribution in [0.15, 0.2) is 48.6 Å². The summed E-state index contributed by atoms with van der Waals surface area (Å²) in [5.74, 6) is 0. The van der Waals surface area contributed by atoms with Gasteiger partial charge < -0.3 is 0 Å². The van der Waals surface area contributed by atoms with Gasteiger partial charge in [0.15, 0.2) is 0 Å². The molecule has 1 rings (SSSR count). The Morgan fingerprint density at radius 3 is 2.00 bits per heavy atom. The van der Waals surface area contributed by atoms with Crippen LogP contribution in [0.3, 0.4) is 0 Å². The first-order valence-electron chi connectivity index (χ1n) is 5.47. The molecule has 0 aliphatic heterocycles. The van der Waals surface area contributed by atoms with Crippen molar-refractivity contribution in [3.8, 4) is 0 Å². The van der Waals surface area contributed by atoms with Gasteiger partial charge in [-0.1, -0.05) is 48.6 Å². The van der Waals surface area contributed by atoms with Crippen molar-refractivity contribution in [2.75, 3.05) is 0 Å². The number of hydrogen-bond donors (Lipinski definition) is 0. The molecule has 0 fully saturated rings. The van der Waals surface area contributed by atoms with Crippen molar-refractivity contribution in [2.45, 2.75) is 32.1 Å². The van der Waals surface area contributed by atoms with E-state index in [4.69, 9.17) is 0 Å². The van der Waals surface area contributed by atoms with E-state index in [0.29, 0.717) is 0 Å². The van der Waals surface area contributed by atoms with E-state index < -0.39 is 0 Å². The Morgan fingerprint density at radius 1 is 0.571 bits per heavy atom. The molecule has 0 saturated heterocycles. The summed E-state index contributed by atoms with van der Waals surface area (Å²) in [6.07, 6.45) is 25.5. The molecular weight excluding hydrogens is 168 g/mol. The Balaban J connectivity index is 2.34. The normalized spacial score (nSPS) is 28.6. The molecule has 0 nitrogen and oxygen atoms in total. The molecule has 0 amide bonds. The standard InChI is InChI=1S/C14H19/c1-2-4-6-8-10-12-14-13-11-9-7-5-3-1/h1-5,8,10,12,14H,6-7,9,11,13H2/b2-1+,5-3-,10-8+,14-12-. The Morgan fingerprint density at radius 2 is 1.21 bits per heavy atom. The fourth-order valence-corrected chi connectivity index (χ4v) is 1.33. The molecule has 0 atom stereocenters. The lowest BCUT2D eigenvalue weighted by molar-refractivity contribution is 0.762. The zero-order valence-electron chi connectivity index (χ0n) is 8.73. The highest BCUT2D eigenvalue weighted by atomic mass is 13.9. The van der Waals surface area contributed by atoms with E-state index in [2.05, 4.69) is 55.0 Å². The lowest BCUT2D eigenvalue weighted by atomic mass is 10.1. The summed E-state index contributed by atoms with van der Waals surface area (Å²) >= 11 is 0. The van der Waals surface area contributed by atoms with Crippen LogP contribution in [-0.2, 0) is 0 Å². The Kier molecular flexibility index (Phi) is 6.74. The maximum Gasteiger partial charge on any atom is -0.0130 e. The van der Waals surface area contributed by atoms with Crippen LogP contribution in [0.25, 0.3) is 0 Å². The highest BCUT2D eigenvalue weighted by molar-refractivity contribution is 5.11. The summed E-state index contributed by atoms with van der Waals surface area (Å²) < 4.78 is 0. The maximum atomic E-state index is 2.25. The maximum absolute atomic E-state index is 2.25. The first kappa shape index (κ1) is 11.0. The van der Waals surface area contributed by atoms with Gasteiger partial charge in [-0.25, -0.2) is 0 Å². The molecule has 0 spiro atoms. The van der Waals surface area contributed by atoms with Crippen molar-refractivity contribution >= 4 is 0 Å². The van der Waals surface area contributed by atoms with Gasteiger partial charge in [0.25, 0.3) is 0 Å². The zero-order chi connectivity index (χ0) is 9.90. The van der Waals surface area contributed by atoms with Crippen LogP contribution in [0.2, 0.25) is 0 Å². The smallest absolute Gasteiger partial charge is 0.0130 e. The van der Waals surface area contributed by atoms with E-state index in [0.717, 1.165) is 6.42 Å². The molecule has 0 bridgehead atoms. The van der Waals surface area contributed by atoms with E-state index in [1.165, 1.54) is 25.7 Å². The molecule has 0 aromatic heterocycles. The van der Waals surface area contributed by atoms with Crippen molar-refractivity contribution in [3.63, 3.8) is 0 Å². The highest BCUT2D eigenvalue weighted by Crippen LogP contribution is 2.03. The largest absolute Gasteiger partial charge is 0.0845 e. The van der Waals surface area contributed by atoms with Crippen LogP contribution in [0.4, 0.5) is 0 Å². The Bertz CT molecular complexity index is 202. The quantitative estimate of drug-likeness (QED) is 0.528. The van der Waals surface area contributed by atoms with Gasteiger partial charge in [-0.05, 0) is 38.5 Å². The second kappa shape index (κ2) is 8.55. The minimum Gasteiger partial charge on any atom is -0.0845 e. The molecule has 0 aromatic rings. The average Bonchev–Trinajstić information content (AvgIpc) is 2.22. The molecule has 14 heavy (non-hydrogen) atoms. The predicted octanol–water partition coefficient (Wildman–Crippen LogP) is 4.38. The molecule has 75 valence electrons. The van der Waals surface area contributed by atoms with E-state index in [1.807, 2.05) is 0 Å². The van der Waals surface area contributed by atoms with Crippen LogP contribution in [0.5, 0.6) is 0 Å². The lowest BCUT2D eigenvalue weighted by Crippen LogP contribution is -1.72. The molecule has 1 radical (unpaired) electrons. The predicted molar refractivity (Wildman–Crippen MR) is 63.9 cm³/mol. The third kappa shape index (κ3) is 6.47. The van der Waals surface area contributed by atoms with Crippen LogP contribution in [0, 0.1) is 6.42 Å². The van der Waals surface area contributed by atoms with Gasteiger partial charge in [0.05, 0.1) is 0 Å². The van der Waals surface area contributed by atoms with E-state index in [1.54, 1.807) is 0 Å². The first-order valence-corrected chi connectivity index (χ1v) is 5.47. The minimum atomic E-state index is 1.02. The van der Waals surface area contributed by atoms with Crippen LogP contribution in [0.1, 0.15) is 32.1 Å². The van der Waals surface area contributed by atoms with Crippen LogP contribution in [-0.4, -0.2) is 0 Å². The van der Waals surface area contributed by atoms with Crippen LogP contribution >= 0.6 is 0 Å². The number of rotatable bonds is 0. The van der Waals surface area contributed by atoms with E-state index in [9.17, 15) is 0 Å². The summed E-state index contributed by atoms with van der Waals surface area (Å²) in [6, 6.07) is 0. The summed E-state index contributed by atoms with van der Waals surface area (Å²) in [7, 11) is 0. The summed E-state index contributed by atoms with van der Waals surface area (Å²) in [6.45, 7) is 0. The molecule has 0 heteroatoms. The van der Waals surface area contributed by atoms with Gasteiger partial charge in [0.2, 0.25) is 0 Å². The Labute approximate surface area is 87.7 Å². The molecule has 1 aliphatic carbocycles. The second-order valence-corrected chi connectivity index (χ2v) is 3.43. The fourth-order valence-electron chi connectivity index (χ4n) is 1.33. The van der Waals surface area contributed by atoms with Gasteiger partial charge in [-0.2, -0.15) is 0 Å². The van der Waals surface area contributed by atoms with E-state index >= 15 is 0 Å². The number of allylic oxidation sites excluding steroid dienone is 8. The molecular formula is C14H19. The third-order valence-corrected chi connectivity index (χ3v) is 2.14. The molecule has 0 aromatic carbocycles. The van der Waals surface area contributed by atoms with Crippen molar-refractivity contribution in [3.05, 3.63) is 55.0 Å². The van der Waals surface area contributed by atoms with Gasteiger partial charge in [-0.15, -0.1) is 0 Å². The molecule has 0 heterocycles. The highest BCUT2D eigenvalue weighted by Gasteiger charge is 1.83. The van der Waals surface area contributed by atoms with Crippen LogP contribution < -0.4 is 0 Å². The van der Waals surface area contributed by atoms with Gasteiger partial charge in [-0.3, -0.25) is 0 Å². The first-order chi connectivity index (χ1) is 7.00. The van der Waals surface area contributed by atoms with Crippen molar-refractivity contribution in [1.82, 2.24) is 0 Å². The van der Waals surface area contributed by atoms with Gasteiger partial charge >= 0.3 is 0 Å². The molecule has 1 aliphatic rings. The molecule has 0 unspecified atom stereocenters. The van der Waals surface area contributed by atoms with Crippen molar-refractivity contribution < 1.29 is 0 Å². The molecule has 0 N–H and O–H groups in total. The van der Waals surface area contributed by atoms with Crippen molar-refractivity contribution in [1.29, 1.82) is 0 Å². The Hall–Kier alpha value is -1.04. The van der Waals surface area contributed by atoms with Gasteiger partial charge in [0, 0.05) is 0 Å². The molecule has 0 saturated carbocycles. The van der Waals surface area contributed by atoms with E-state index in [-0.39, 0.29) is 0 Å². The third-order valence-electron chi connectivity index (χ3n) is 2.14. The average molecular weight is 187 g/mol. The topological polar surface area (TPSA) is 0 Å². The second-order valence-electron chi connectivity index (χ2n) is 3.43. The summed E-state index contributed by atoms with van der Waals surface area (Å²) in [5.41, 5.74) is 0. The monoisotopic (exact) mass is 187 g/mol. The zero-order valence-corrected chi connectivity index (χ0v) is 8.73. The SMILES string of the molecule is [CH]1/C=C/C=C\CCCC/C=C\C=C\C1. The fraction of sp³-hybridized carbons (Fsp3) is 0.357. The summed E-state index contributed by atoms with van der Waals surface area (Å²) in [5, 5.41) is 0. The lowest BCUT2D eigenvalue weighted by Gasteiger charge is -1.92. The van der Waals surface area contributed by atoms with Crippen molar-refractivity contribution in [2.24, 2.45) is 0 Å².